The number of amides is 1. The van der Waals surface area contributed by atoms with Gasteiger partial charge in [-0.05, 0) is 44.4 Å². The van der Waals surface area contributed by atoms with Gasteiger partial charge in [0.2, 0.25) is 0 Å². The van der Waals surface area contributed by atoms with Crippen LogP contribution in [0.1, 0.15) is 41.4 Å². The minimum Gasteiger partial charge on any atom is -0.448 e. The first-order chi connectivity index (χ1) is 13.0. The van der Waals surface area contributed by atoms with Gasteiger partial charge in [0.15, 0.2) is 17.6 Å². The van der Waals surface area contributed by atoms with Crippen molar-refractivity contribution in [1.82, 2.24) is 15.5 Å². The van der Waals surface area contributed by atoms with Crippen molar-refractivity contribution in [3.8, 4) is 0 Å². The van der Waals surface area contributed by atoms with E-state index in [4.69, 9.17) is 4.74 Å². The highest BCUT2D eigenvalue weighted by Gasteiger charge is 2.21. The number of hydrogen-bond donors (Lipinski definition) is 1. The van der Waals surface area contributed by atoms with Crippen molar-refractivity contribution < 1.29 is 14.3 Å². The predicted octanol–water partition coefficient (Wildman–Crippen LogP) is 2.25. The number of carbonyl (C=O) groups is 2. The third-order valence-corrected chi connectivity index (χ3v) is 4.53. The van der Waals surface area contributed by atoms with Crippen molar-refractivity contribution in [3.63, 3.8) is 0 Å². The minimum atomic E-state index is -0.914. The van der Waals surface area contributed by atoms with Crippen LogP contribution < -0.4 is 10.2 Å². The van der Waals surface area contributed by atoms with Gasteiger partial charge in [-0.25, -0.2) is 4.79 Å². The number of nitrogens with one attached hydrogen (secondary N) is 1. The van der Waals surface area contributed by atoms with Crippen LogP contribution in [0.3, 0.4) is 0 Å². The molecule has 142 valence electrons. The lowest BCUT2D eigenvalue weighted by Crippen LogP contribution is -2.35. The number of rotatable bonds is 6. The number of benzene rings is 1. The Kier molecular flexibility index (Phi) is 6.01. The fraction of sp³-hybridized carbons (Fsp3) is 0.400. The minimum absolute atomic E-state index is 0.0936. The molecule has 1 aliphatic rings. The van der Waals surface area contributed by atoms with Gasteiger partial charge in [-0.3, -0.25) is 4.79 Å². The van der Waals surface area contributed by atoms with Gasteiger partial charge in [0.1, 0.15) is 0 Å². The molecule has 1 unspecified atom stereocenters. The molecule has 0 saturated carbocycles. The summed E-state index contributed by atoms with van der Waals surface area (Å²) >= 11 is 0. The van der Waals surface area contributed by atoms with Crippen molar-refractivity contribution in [2.75, 3.05) is 18.0 Å². The molecule has 1 aromatic heterocycles. The second-order valence-corrected chi connectivity index (χ2v) is 6.72. The van der Waals surface area contributed by atoms with Crippen molar-refractivity contribution in [2.45, 2.75) is 39.3 Å². The van der Waals surface area contributed by atoms with Gasteiger partial charge >= 0.3 is 5.97 Å². The van der Waals surface area contributed by atoms with E-state index >= 15 is 0 Å². The molecule has 1 fully saturated rings. The molecule has 3 rings (SSSR count). The van der Waals surface area contributed by atoms with E-state index in [1.54, 1.807) is 12.1 Å². The van der Waals surface area contributed by atoms with Crippen molar-refractivity contribution >= 4 is 17.7 Å². The lowest BCUT2D eigenvalue weighted by Gasteiger charge is -2.16. The van der Waals surface area contributed by atoms with E-state index in [0.717, 1.165) is 42.9 Å². The topological polar surface area (TPSA) is 84.4 Å². The van der Waals surface area contributed by atoms with E-state index in [9.17, 15) is 9.59 Å². The number of hydrogen-bond acceptors (Lipinski definition) is 6. The summed E-state index contributed by atoms with van der Waals surface area (Å²) in [6, 6.07) is 11.2. The molecule has 0 spiro atoms. The van der Waals surface area contributed by atoms with Gasteiger partial charge in [-0.15, -0.1) is 10.2 Å². The molecule has 7 nitrogen and oxygen atoms in total. The van der Waals surface area contributed by atoms with Gasteiger partial charge in [-0.2, -0.15) is 0 Å². The number of anilines is 1. The zero-order valence-corrected chi connectivity index (χ0v) is 15.6. The molecule has 1 atom stereocenters. The molecule has 1 saturated heterocycles. The highest BCUT2D eigenvalue weighted by atomic mass is 16.5. The van der Waals surface area contributed by atoms with Crippen LogP contribution in [0.5, 0.6) is 0 Å². The second-order valence-electron chi connectivity index (χ2n) is 6.72. The maximum atomic E-state index is 12.2. The molecule has 0 bridgehead atoms. The first-order valence-electron chi connectivity index (χ1n) is 9.16. The summed E-state index contributed by atoms with van der Waals surface area (Å²) in [6.45, 7) is 5.83. The van der Waals surface area contributed by atoms with Gasteiger partial charge in [-0.1, -0.05) is 29.8 Å². The van der Waals surface area contributed by atoms with Crippen LogP contribution >= 0.6 is 0 Å². The third kappa shape index (κ3) is 5.03. The Hall–Kier alpha value is -2.96. The first kappa shape index (κ1) is 18.8. The fourth-order valence-electron chi connectivity index (χ4n) is 2.86. The summed E-state index contributed by atoms with van der Waals surface area (Å²) < 4.78 is 5.20. The van der Waals surface area contributed by atoms with Gasteiger partial charge in [0.05, 0.1) is 0 Å². The van der Waals surface area contributed by atoms with Crippen LogP contribution in [0.15, 0.2) is 36.4 Å². The molecule has 7 heteroatoms. The number of ether oxygens (including phenoxy) is 1. The highest BCUT2D eigenvalue weighted by Crippen LogP contribution is 2.16. The number of nitrogens with zero attached hydrogens (tertiary/aromatic N) is 3. The van der Waals surface area contributed by atoms with E-state index < -0.39 is 12.1 Å². The normalized spacial score (nSPS) is 14.7. The van der Waals surface area contributed by atoms with E-state index in [-0.39, 0.29) is 11.6 Å². The molecule has 1 N–H and O–H groups in total. The van der Waals surface area contributed by atoms with Crippen LogP contribution in [0.2, 0.25) is 0 Å². The van der Waals surface area contributed by atoms with Crippen LogP contribution in [0.25, 0.3) is 0 Å². The molecule has 2 aromatic rings. The molecule has 1 amide bonds. The summed E-state index contributed by atoms with van der Waals surface area (Å²) in [6.07, 6.45) is 1.37. The molecule has 0 aliphatic carbocycles. The molecule has 2 heterocycles. The molecular weight excluding hydrogens is 344 g/mol. The zero-order valence-electron chi connectivity index (χ0n) is 15.6. The van der Waals surface area contributed by atoms with Crippen molar-refractivity contribution in [3.05, 3.63) is 53.2 Å². The Balaban J connectivity index is 1.50. The van der Waals surface area contributed by atoms with E-state index in [2.05, 4.69) is 20.4 Å². The Morgan fingerprint density at radius 3 is 2.44 bits per heavy atom. The monoisotopic (exact) mass is 368 g/mol. The van der Waals surface area contributed by atoms with Crippen LogP contribution in [-0.2, 0) is 16.1 Å². The zero-order chi connectivity index (χ0) is 19.2. The Labute approximate surface area is 158 Å². The SMILES string of the molecule is Cc1ccc(CNC(=O)C(C)OC(=O)c2ccc(N3CCCC3)nn2)cc1. The van der Waals surface area contributed by atoms with E-state index in [0.29, 0.717) is 6.54 Å². The predicted molar refractivity (Wildman–Crippen MR) is 101 cm³/mol. The fourth-order valence-corrected chi connectivity index (χ4v) is 2.86. The maximum absolute atomic E-state index is 12.2. The Bertz CT molecular complexity index is 784. The lowest BCUT2D eigenvalue weighted by molar-refractivity contribution is -0.129. The summed E-state index contributed by atoms with van der Waals surface area (Å²) in [7, 11) is 0. The highest BCUT2D eigenvalue weighted by molar-refractivity contribution is 5.90. The van der Waals surface area contributed by atoms with Crippen LogP contribution in [0, 0.1) is 6.92 Å². The van der Waals surface area contributed by atoms with Gasteiger partial charge < -0.3 is 15.0 Å². The maximum Gasteiger partial charge on any atom is 0.359 e. The Morgan fingerprint density at radius 1 is 1.11 bits per heavy atom. The van der Waals surface area contributed by atoms with Gasteiger partial charge in [0.25, 0.3) is 5.91 Å². The first-order valence-corrected chi connectivity index (χ1v) is 9.16. The molecule has 0 radical (unpaired) electrons. The average Bonchev–Trinajstić information content (AvgIpc) is 3.22. The quantitative estimate of drug-likeness (QED) is 0.787. The van der Waals surface area contributed by atoms with Crippen LogP contribution in [-0.4, -0.2) is 41.3 Å². The Morgan fingerprint density at radius 2 is 1.81 bits per heavy atom. The standard InChI is InChI=1S/C20H24N4O3/c1-14-5-7-16(8-6-14)13-21-19(25)15(2)27-20(26)17-9-10-18(23-22-17)24-11-3-4-12-24/h5-10,15H,3-4,11-13H2,1-2H3,(H,21,25). The largest absolute Gasteiger partial charge is 0.448 e. The number of aromatic nitrogens is 2. The number of carbonyl (C=O) groups excluding carboxylic acids is 2. The average molecular weight is 368 g/mol. The van der Waals surface area contributed by atoms with Crippen LogP contribution in [0.4, 0.5) is 5.82 Å². The van der Waals surface area contributed by atoms with E-state index in [1.165, 1.54) is 6.92 Å². The summed E-state index contributed by atoms with van der Waals surface area (Å²) in [5, 5.41) is 10.8. The molecule has 1 aromatic carbocycles. The summed E-state index contributed by atoms with van der Waals surface area (Å²) in [4.78, 5) is 26.5. The lowest BCUT2D eigenvalue weighted by atomic mass is 10.1. The summed E-state index contributed by atoms with van der Waals surface area (Å²) in [5.41, 5.74) is 2.23. The van der Waals surface area contributed by atoms with E-state index in [1.807, 2.05) is 31.2 Å². The second kappa shape index (κ2) is 8.62. The van der Waals surface area contributed by atoms with Gasteiger partial charge in [0, 0.05) is 19.6 Å². The number of esters is 1. The van der Waals surface area contributed by atoms with Crippen molar-refractivity contribution in [1.29, 1.82) is 0 Å². The molecular formula is C20H24N4O3. The number of aryl methyl sites for hydroxylation is 1. The molecule has 27 heavy (non-hydrogen) atoms. The third-order valence-electron chi connectivity index (χ3n) is 4.53. The smallest absolute Gasteiger partial charge is 0.359 e. The van der Waals surface area contributed by atoms with Crippen molar-refractivity contribution in [2.24, 2.45) is 0 Å². The molecule has 1 aliphatic heterocycles. The summed E-state index contributed by atoms with van der Waals surface area (Å²) in [5.74, 6) is -0.257.